The number of aromatic nitrogens is 3. The van der Waals surface area contributed by atoms with E-state index in [1.54, 1.807) is 18.6 Å². The molecule has 0 saturated carbocycles. The third-order valence-corrected chi connectivity index (χ3v) is 2.71. The average molecular weight is 236 g/mol. The summed E-state index contributed by atoms with van der Waals surface area (Å²) in [6.45, 7) is 1.95. The molecule has 0 saturated heterocycles. The van der Waals surface area contributed by atoms with Crippen LogP contribution < -0.4 is 0 Å². The van der Waals surface area contributed by atoms with Crippen molar-refractivity contribution in [2.75, 3.05) is 0 Å². The Morgan fingerprint density at radius 1 is 1.17 bits per heavy atom. The standard InChI is InChI=1S/C14H12N4/c1-11-17-13-6-2-3-7-14(13)18(11)16-10-12-5-4-8-15-9-12/h2-10H,1H3. The van der Waals surface area contributed by atoms with E-state index in [4.69, 9.17) is 0 Å². The van der Waals surface area contributed by atoms with Crippen molar-refractivity contribution in [2.24, 2.45) is 5.10 Å². The lowest BCUT2D eigenvalue weighted by atomic mass is 10.3. The predicted molar refractivity (Wildman–Crippen MR) is 71.7 cm³/mol. The van der Waals surface area contributed by atoms with Gasteiger partial charge in [-0.3, -0.25) is 4.98 Å². The maximum Gasteiger partial charge on any atom is 0.128 e. The smallest absolute Gasteiger partial charge is 0.128 e. The number of benzene rings is 1. The van der Waals surface area contributed by atoms with Gasteiger partial charge in [-0.25, -0.2) is 9.66 Å². The van der Waals surface area contributed by atoms with Crippen LogP contribution in [0.25, 0.3) is 11.0 Å². The van der Waals surface area contributed by atoms with Gasteiger partial charge in [0, 0.05) is 18.0 Å². The summed E-state index contributed by atoms with van der Waals surface area (Å²) >= 11 is 0. The third kappa shape index (κ3) is 1.88. The highest BCUT2D eigenvalue weighted by atomic mass is 15.4. The SMILES string of the molecule is Cc1nc2ccccc2n1N=Cc1cccnc1. The number of hydrogen-bond acceptors (Lipinski definition) is 3. The Hall–Kier alpha value is -2.49. The lowest BCUT2D eigenvalue weighted by molar-refractivity contribution is 0.859. The molecule has 0 radical (unpaired) electrons. The van der Waals surface area contributed by atoms with E-state index >= 15 is 0 Å². The van der Waals surface area contributed by atoms with Crippen molar-refractivity contribution in [3.63, 3.8) is 0 Å². The molecule has 18 heavy (non-hydrogen) atoms. The molecule has 0 atom stereocenters. The van der Waals surface area contributed by atoms with Gasteiger partial charge in [0.2, 0.25) is 0 Å². The minimum Gasteiger partial charge on any atom is -0.264 e. The fourth-order valence-electron chi connectivity index (χ4n) is 1.86. The third-order valence-electron chi connectivity index (χ3n) is 2.71. The Morgan fingerprint density at radius 3 is 2.89 bits per heavy atom. The molecule has 4 nitrogen and oxygen atoms in total. The fourth-order valence-corrected chi connectivity index (χ4v) is 1.86. The lowest BCUT2D eigenvalue weighted by Gasteiger charge is -1.98. The van der Waals surface area contributed by atoms with Crippen LogP contribution in [0.1, 0.15) is 11.4 Å². The number of nitrogens with zero attached hydrogens (tertiary/aromatic N) is 4. The van der Waals surface area contributed by atoms with Crippen LogP contribution in [-0.2, 0) is 0 Å². The summed E-state index contributed by atoms with van der Waals surface area (Å²) in [5.41, 5.74) is 2.93. The highest BCUT2D eigenvalue weighted by Crippen LogP contribution is 2.14. The minimum atomic E-state index is 0.872. The van der Waals surface area contributed by atoms with E-state index in [9.17, 15) is 0 Å². The Bertz CT molecular complexity index is 698. The molecular weight excluding hydrogens is 224 g/mol. The monoisotopic (exact) mass is 236 g/mol. The number of imidazole rings is 1. The van der Waals surface area contributed by atoms with Crippen LogP contribution in [0.5, 0.6) is 0 Å². The van der Waals surface area contributed by atoms with E-state index in [2.05, 4.69) is 15.1 Å². The van der Waals surface area contributed by atoms with Gasteiger partial charge >= 0.3 is 0 Å². The average Bonchev–Trinajstić information content (AvgIpc) is 2.73. The molecule has 2 aromatic heterocycles. The van der Waals surface area contributed by atoms with E-state index in [1.807, 2.05) is 48.0 Å². The van der Waals surface area contributed by atoms with Crippen LogP contribution in [-0.4, -0.2) is 20.9 Å². The van der Waals surface area contributed by atoms with Gasteiger partial charge in [0.05, 0.1) is 17.2 Å². The number of pyridine rings is 1. The second-order valence-electron chi connectivity index (χ2n) is 3.99. The van der Waals surface area contributed by atoms with Crippen molar-refractivity contribution in [3.05, 3.63) is 60.2 Å². The zero-order chi connectivity index (χ0) is 12.4. The van der Waals surface area contributed by atoms with Crippen molar-refractivity contribution in [2.45, 2.75) is 6.92 Å². The highest BCUT2D eigenvalue weighted by Gasteiger charge is 2.04. The molecule has 2 heterocycles. The molecule has 0 N–H and O–H groups in total. The van der Waals surface area contributed by atoms with Gasteiger partial charge in [-0.2, -0.15) is 5.10 Å². The second-order valence-corrected chi connectivity index (χ2v) is 3.99. The Balaban J connectivity index is 2.05. The van der Waals surface area contributed by atoms with Gasteiger partial charge in [-0.15, -0.1) is 0 Å². The lowest BCUT2D eigenvalue weighted by Crippen LogP contribution is -1.93. The van der Waals surface area contributed by atoms with Gasteiger partial charge in [-0.1, -0.05) is 18.2 Å². The summed E-state index contributed by atoms with van der Waals surface area (Å²) in [5.74, 6) is 0.872. The molecule has 4 heteroatoms. The molecule has 0 aliphatic carbocycles. The molecule has 88 valence electrons. The first-order valence-electron chi connectivity index (χ1n) is 5.73. The van der Waals surface area contributed by atoms with Crippen LogP contribution in [0, 0.1) is 6.92 Å². The number of rotatable bonds is 2. The van der Waals surface area contributed by atoms with Gasteiger partial charge < -0.3 is 0 Å². The molecule has 0 unspecified atom stereocenters. The molecule has 3 aromatic rings. The molecule has 0 bridgehead atoms. The van der Waals surface area contributed by atoms with Crippen molar-refractivity contribution in [1.29, 1.82) is 0 Å². The van der Waals surface area contributed by atoms with Crippen LogP contribution in [0.4, 0.5) is 0 Å². The molecule has 1 aromatic carbocycles. The van der Waals surface area contributed by atoms with Gasteiger partial charge in [0.15, 0.2) is 0 Å². The molecular formula is C14H12N4. The highest BCUT2D eigenvalue weighted by molar-refractivity contribution is 5.81. The van der Waals surface area contributed by atoms with E-state index in [0.29, 0.717) is 0 Å². The van der Waals surface area contributed by atoms with Gasteiger partial charge in [0.1, 0.15) is 5.82 Å². The minimum absolute atomic E-state index is 0.872. The van der Waals surface area contributed by atoms with Gasteiger partial charge in [-0.05, 0) is 25.1 Å². The topological polar surface area (TPSA) is 43.1 Å². The summed E-state index contributed by atoms with van der Waals surface area (Å²) in [7, 11) is 0. The van der Waals surface area contributed by atoms with E-state index in [1.165, 1.54) is 0 Å². The quantitative estimate of drug-likeness (QED) is 0.642. The zero-order valence-electron chi connectivity index (χ0n) is 9.99. The van der Waals surface area contributed by atoms with Crippen LogP contribution in [0.15, 0.2) is 53.9 Å². The summed E-state index contributed by atoms with van der Waals surface area (Å²) in [6, 6.07) is 11.8. The first-order chi connectivity index (χ1) is 8.84. The first-order valence-corrected chi connectivity index (χ1v) is 5.73. The summed E-state index contributed by atoms with van der Waals surface area (Å²) in [4.78, 5) is 8.51. The Labute approximate surface area is 105 Å². The predicted octanol–water partition coefficient (Wildman–Crippen LogP) is 2.62. The van der Waals surface area contributed by atoms with Crippen molar-refractivity contribution >= 4 is 17.2 Å². The van der Waals surface area contributed by atoms with Gasteiger partial charge in [0.25, 0.3) is 0 Å². The number of fused-ring (bicyclic) bond motifs is 1. The zero-order valence-corrected chi connectivity index (χ0v) is 9.99. The van der Waals surface area contributed by atoms with Crippen molar-refractivity contribution in [1.82, 2.24) is 14.6 Å². The van der Waals surface area contributed by atoms with Crippen LogP contribution in [0.2, 0.25) is 0 Å². The van der Waals surface area contributed by atoms with Crippen molar-refractivity contribution in [3.8, 4) is 0 Å². The van der Waals surface area contributed by atoms with Crippen molar-refractivity contribution < 1.29 is 0 Å². The number of para-hydroxylation sites is 2. The fraction of sp³-hybridized carbons (Fsp3) is 0.0714. The Kier molecular flexibility index (Phi) is 2.61. The molecule has 0 fully saturated rings. The van der Waals surface area contributed by atoms with E-state index in [0.717, 1.165) is 22.4 Å². The molecule has 0 aliphatic heterocycles. The molecule has 0 aliphatic rings. The largest absolute Gasteiger partial charge is 0.264 e. The summed E-state index contributed by atoms with van der Waals surface area (Å²) in [6.07, 6.45) is 5.31. The maximum atomic E-state index is 4.46. The first kappa shape index (κ1) is 10.7. The summed E-state index contributed by atoms with van der Waals surface area (Å²) < 4.78 is 1.84. The summed E-state index contributed by atoms with van der Waals surface area (Å²) in [5, 5.41) is 4.45. The van der Waals surface area contributed by atoms with E-state index < -0.39 is 0 Å². The van der Waals surface area contributed by atoms with Crippen LogP contribution in [0.3, 0.4) is 0 Å². The molecule has 0 amide bonds. The van der Waals surface area contributed by atoms with Crippen LogP contribution >= 0.6 is 0 Å². The maximum absolute atomic E-state index is 4.46. The number of aryl methyl sites for hydroxylation is 1. The second kappa shape index (κ2) is 4.41. The number of hydrogen-bond donors (Lipinski definition) is 0. The Morgan fingerprint density at radius 2 is 2.06 bits per heavy atom. The molecule has 0 spiro atoms. The molecule has 3 rings (SSSR count). The van der Waals surface area contributed by atoms with E-state index in [-0.39, 0.29) is 0 Å². The normalized spacial score (nSPS) is 11.4.